The highest BCUT2D eigenvalue weighted by Gasteiger charge is 2.20. The van der Waals surface area contributed by atoms with E-state index < -0.39 is 0 Å². The van der Waals surface area contributed by atoms with Crippen molar-refractivity contribution in [1.82, 2.24) is 15.1 Å². The maximum Gasteiger partial charge on any atom is 0.0650 e. The molecular formula is C22H27N3S. The number of aromatic nitrogens is 2. The van der Waals surface area contributed by atoms with Crippen LogP contribution in [0.3, 0.4) is 0 Å². The largest absolute Gasteiger partial charge is 0.299 e. The zero-order chi connectivity index (χ0) is 17.8. The molecule has 0 spiro atoms. The van der Waals surface area contributed by atoms with Gasteiger partial charge >= 0.3 is 0 Å². The van der Waals surface area contributed by atoms with E-state index >= 15 is 0 Å². The fraction of sp³-hybridized carbons (Fsp3) is 0.409. The van der Waals surface area contributed by atoms with Gasteiger partial charge in [0.1, 0.15) is 0 Å². The second kappa shape index (κ2) is 8.28. The van der Waals surface area contributed by atoms with Crippen LogP contribution in [0.2, 0.25) is 0 Å². The molecule has 0 bridgehead atoms. The summed E-state index contributed by atoms with van der Waals surface area (Å²) in [6, 6.07) is 15.8. The number of nitrogens with one attached hydrogen (secondary N) is 1. The number of hydrogen-bond acceptors (Lipinski definition) is 3. The second-order valence-corrected chi connectivity index (χ2v) is 8.65. The molecule has 2 heterocycles. The quantitative estimate of drug-likeness (QED) is 0.615. The van der Waals surface area contributed by atoms with Gasteiger partial charge in [-0.05, 0) is 72.9 Å². The lowest BCUT2D eigenvalue weighted by Gasteiger charge is -2.33. The number of hydrogen-bond donors (Lipinski definition) is 1. The predicted molar refractivity (Wildman–Crippen MR) is 111 cm³/mol. The molecular weight excluding hydrogens is 338 g/mol. The molecule has 1 aliphatic heterocycles. The van der Waals surface area contributed by atoms with Gasteiger partial charge in [0.2, 0.25) is 0 Å². The Kier molecular flexibility index (Phi) is 5.61. The number of H-pyrrole nitrogens is 1. The first-order chi connectivity index (χ1) is 12.8. The lowest BCUT2D eigenvalue weighted by atomic mass is 9.90. The monoisotopic (exact) mass is 365 g/mol. The van der Waals surface area contributed by atoms with Crippen LogP contribution in [0.25, 0.3) is 10.9 Å². The molecule has 1 N–H and O–H groups in total. The van der Waals surface area contributed by atoms with E-state index in [0.717, 1.165) is 23.7 Å². The minimum Gasteiger partial charge on any atom is -0.299 e. The summed E-state index contributed by atoms with van der Waals surface area (Å²) in [6.45, 7) is 5.71. The van der Waals surface area contributed by atoms with Crippen molar-refractivity contribution in [2.75, 3.05) is 18.8 Å². The molecule has 0 saturated carbocycles. The van der Waals surface area contributed by atoms with E-state index in [4.69, 9.17) is 0 Å². The van der Waals surface area contributed by atoms with Gasteiger partial charge in [0.15, 0.2) is 0 Å². The van der Waals surface area contributed by atoms with Crippen LogP contribution in [0.5, 0.6) is 0 Å². The first-order valence-electron chi connectivity index (χ1n) is 9.66. The van der Waals surface area contributed by atoms with E-state index in [0.29, 0.717) is 0 Å². The molecule has 0 radical (unpaired) electrons. The van der Waals surface area contributed by atoms with Gasteiger partial charge in [-0.2, -0.15) is 5.10 Å². The minimum absolute atomic E-state index is 0.753. The molecule has 0 amide bonds. The van der Waals surface area contributed by atoms with E-state index in [1.807, 2.05) is 18.0 Å². The van der Waals surface area contributed by atoms with Gasteiger partial charge in [0, 0.05) is 23.4 Å². The van der Waals surface area contributed by atoms with Crippen LogP contribution in [-0.2, 0) is 13.0 Å². The maximum atomic E-state index is 4.13. The van der Waals surface area contributed by atoms with Crippen LogP contribution >= 0.6 is 11.8 Å². The Hall–Kier alpha value is -1.78. The summed E-state index contributed by atoms with van der Waals surface area (Å²) >= 11 is 1.91. The third-order valence-electron chi connectivity index (χ3n) is 5.27. The van der Waals surface area contributed by atoms with Crippen molar-refractivity contribution in [2.45, 2.75) is 37.6 Å². The summed E-state index contributed by atoms with van der Waals surface area (Å²) in [6.07, 6.45) is 5.74. The molecule has 4 rings (SSSR count). The Bertz CT molecular complexity index is 840. The van der Waals surface area contributed by atoms with Crippen molar-refractivity contribution in [3.8, 4) is 0 Å². The third kappa shape index (κ3) is 4.30. The molecule has 3 aromatic rings. The highest BCUT2D eigenvalue weighted by atomic mass is 32.2. The van der Waals surface area contributed by atoms with Gasteiger partial charge in [-0.1, -0.05) is 25.1 Å². The molecule has 2 aromatic carbocycles. The van der Waals surface area contributed by atoms with Crippen LogP contribution in [0, 0.1) is 5.92 Å². The highest BCUT2D eigenvalue weighted by molar-refractivity contribution is 7.99. The molecule has 1 atom stereocenters. The molecule has 1 fully saturated rings. The molecule has 26 heavy (non-hydrogen) atoms. The average Bonchev–Trinajstić information content (AvgIpc) is 3.12. The SMILES string of the molecule is CCSc1ccc(CN2CCC[C@@H](Cc3ccc4[nH]ncc4c3)C2)cc1. The van der Waals surface area contributed by atoms with E-state index in [9.17, 15) is 0 Å². The summed E-state index contributed by atoms with van der Waals surface area (Å²) in [5, 5.41) is 8.39. The van der Waals surface area contributed by atoms with Gasteiger partial charge in [0.25, 0.3) is 0 Å². The Morgan fingerprint density at radius 3 is 2.85 bits per heavy atom. The van der Waals surface area contributed by atoms with Gasteiger partial charge in [0.05, 0.1) is 11.7 Å². The maximum absolute atomic E-state index is 4.13. The van der Waals surface area contributed by atoms with Crippen molar-refractivity contribution in [2.24, 2.45) is 5.92 Å². The van der Waals surface area contributed by atoms with Crippen LogP contribution in [0.1, 0.15) is 30.9 Å². The fourth-order valence-corrected chi connectivity index (χ4v) is 4.69. The van der Waals surface area contributed by atoms with Crippen molar-refractivity contribution < 1.29 is 0 Å². The van der Waals surface area contributed by atoms with Crippen LogP contribution in [0.15, 0.2) is 53.6 Å². The number of aromatic amines is 1. The number of thioether (sulfide) groups is 1. The van der Waals surface area contributed by atoms with Crippen molar-refractivity contribution in [3.63, 3.8) is 0 Å². The molecule has 3 nitrogen and oxygen atoms in total. The predicted octanol–water partition coefficient (Wildman–Crippen LogP) is 5.13. The minimum atomic E-state index is 0.753. The highest BCUT2D eigenvalue weighted by Crippen LogP contribution is 2.24. The first kappa shape index (κ1) is 17.6. The molecule has 4 heteroatoms. The molecule has 0 unspecified atom stereocenters. The zero-order valence-electron chi connectivity index (χ0n) is 15.4. The van der Waals surface area contributed by atoms with Crippen molar-refractivity contribution in [1.29, 1.82) is 0 Å². The summed E-state index contributed by atoms with van der Waals surface area (Å²) < 4.78 is 0. The van der Waals surface area contributed by atoms with Crippen LogP contribution in [0.4, 0.5) is 0 Å². The standard InChI is InChI=1S/C22H27N3S/c1-2-26-21-8-5-17(6-9-21)15-25-11-3-4-19(16-25)12-18-7-10-22-20(13-18)14-23-24-22/h5-10,13-14,19H,2-4,11-12,15-16H2,1H3,(H,23,24)/t19-/m0/s1. The molecule has 1 saturated heterocycles. The van der Waals surface area contributed by atoms with E-state index in [1.54, 1.807) is 0 Å². The number of nitrogens with zero attached hydrogens (tertiary/aromatic N) is 2. The average molecular weight is 366 g/mol. The summed E-state index contributed by atoms with van der Waals surface area (Å²) in [4.78, 5) is 4.01. The number of rotatable bonds is 6. The van der Waals surface area contributed by atoms with Gasteiger partial charge in [-0.15, -0.1) is 11.8 Å². The lowest BCUT2D eigenvalue weighted by Crippen LogP contribution is -2.35. The van der Waals surface area contributed by atoms with E-state index in [2.05, 4.69) is 64.5 Å². The van der Waals surface area contributed by atoms with E-state index in [1.165, 1.54) is 53.8 Å². The smallest absolute Gasteiger partial charge is 0.0650 e. The Balaban J connectivity index is 1.36. The molecule has 1 aromatic heterocycles. The van der Waals surface area contributed by atoms with Gasteiger partial charge < -0.3 is 0 Å². The normalized spacial score (nSPS) is 18.4. The Morgan fingerprint density at radius 1 is 1.15 bits per heavy atom. The Morgan fingerprint density at radius 2 is 2.00 bits per heavy atom. The van der Waals surface area contributed by atoms with E-state index in [-0.39, 0.29) is 0 Å². The second-order valence-electron chi connectivity index (χ2n) is 7.32. The van der Waals surface area contributed by atoms with Crippen molar-refractivity contribution >= 4 is 22.7 Å². The summed E-state index contributed by atoms with van der Waals surface area (Å²) in [5.74, 6) is 1.89. The zero-order valence-corrected chi connectivity index (χ0v) is 16.3. The van der Waals surface area contributed by atoms with Crippen LogP contribution < -0.4 is 0 Å². The number of piperidine rings is 1. The third-order valence-corrected chi connectivity index (χ3v) is 6.17. The topological polar surface area (TPSA) is 31.9 Å². The first-order valence-corrected chi connectivity index (χ1v) is 10.6. The fourth-order valence-electron chi connectivity index (χ4n) is 4.03. The summed E-state index contributed by atoms with van der Waals surface area (Å²) in [7, 11) is 0. The van der Waals surface area contributed by atoms with Crippen molar-refractivity contribution in [3.05, 3.63) is 59.8 Å². The van der Waals surface area contributed by atoms with Crippen LogP contribution in [-0.4, -0.2) is 33.9 Å². The van der Waals surface area contributed by atoms with Gasteiger partial charge in [-0.3, -0.25) is 10.00 Å². The lowest BCUT2D eigenvalue weighted by molar-refractivity contribution is 0.167. The molecule has 1 aliphatic rings. The molecule has 136 valence electrons. The number of fused-ring (bicyclic) bond motifs is 1. The Labute approximate surface area is 160 Å². The van der Waals surface area contributed by atoms with Gasteiger partial charge in [-0.25, -0.2) is 0 Å². The number of benzene rings is 2. The number of likely N-dealkylation sites (tertiary alicyclic amines) is 1. The molecule has 0 aliphatic carbocycles. The summed E-state index contributed by atoms with van der Waals surface area (Å²) in [5.41, 5.74) is 4.00.